The number of aromatic nitrogens is 3. The second kappa shape index (κ2) is 8.37. The van der Waals surface area contributed by atoms with Gasteiger partial charge in [-0.25, -0.2) is 4.39 Å². The molecule has 1 aliphatic carbocycles. The fraction of sp³-hybridized carbons (Fsp3) is 0.318. The normalized spacial score (nSPS) is 14.6. The number of thioether (sulfide) groups is 1. The SMILES string of the molecule is CCN(C(=O)[C@H](C)Sc1nnc(-c2ccccc2F)n1C1CC1)c1ccccc1. The minimum atomic E-state index is -0.342. The van der Waals surface area contributed by atoms with Crippen molar-refractivity contribution < 1.29 is 9.18 Å². The van der Waals surface area contributed by atoms with Gasteiger partial charge in [-0.05, 0) is 51.0 Å². The first kappa shape index (κ1) is 19.6. The third-order valence-corrected chi connectivity index (χ3v) is 6.02. The first-order chi connectivity index (χ1) is 14.1. The Bertz CT molecular complexity index is 1000. The topological polar surface area (TPSA) is 51.0 Å². The number of carbonyl (C=O) groups is 1. The van der Waals surface area contributed by atoms with E-state index in [2.05, 4.69) is 10.2 Å². The van der Waals surface area contributed by atoms with Crippen LogP contribution in [0.15, 0.2) is 59.8 Å². The molecule has 1 aromatic heterocycles. The quantitative estimate of drug-likeness (QED) is 0.517. The molecule has 0 spiro atoms. The minimum Gasteiger partial charge on any atom is -0.312 e. The molecule has 0 radical (unpaired) electrons. The van der Waals surface area contributed by atoms with Crippen molar-refractivity contribution in [3.8, 4) is 11.4 Å². The van der Waals surface area contributed by atoms with Crippen LogP contribution in [0.2, 0.25) is 0 Å². The standard InChI is InChI=1S/C22H23FN4OS/c1-3-26(16-9-5-4-6-10-16)21(28)15(2)29-22-25-24-20(27(22)17-13-14-17)18-11-7-8-12-19(18)23/h4-12,15,17H,3,13-14H2,1-2H3/t15-/m0/s1. The van der Waals surface area contributed by atoms with Crippen LogP contribution in [0, 0.1) is 5.82 Å². The van der Waals surface area contributed by atoms with Crippen LogP contribution in [-0.2, 0) is 4.79 Å². The highest BCUT2D eigenvalue weighted by Gasteiger charge is 2.33. The molecule has 1 saturated carbocycles. The molecule has 0 aliphatic heterocycles. The lowest BCUT2D eigenvalue weighted by Crippen LogP contribution is -2.36. The molecule has 0 saturated heterocycles. The molecule has 7 heteroatoms. The summed E-state index contributed by atoms with van der Waals surface area (Å²) in [6, 6.07) is 16.5. The molecule has 0 bridgehead atoms. The Morgan fingerprint density at radius 3 is 2.52 bits per heavy atom. The number of hydrogen-bond donors (Lipinski definition) is 0. The van der Waals surface area contributed by atoms with Crippen LogP contribution in [0.4, 0.5) is 10.1 Å². The number of rotatable bonds is 7. The molecule has 2 aromatic carbocycles. The molecule has 4 rings (SSSR count). The zero-order chi connectivity index (χ0) is 20.4. The first-order valence-corrected chi connectivity index (χ1v) is 10.7. The number of para-hydroxylation sites is 1. The highest BCUT2D eigenvalue weighted by molar-refractivity contribution is 8.00. The molecule has 5 nitrogen and oxygen atoms in total. The van der Waals surface area contributed by atoms with Crippen LogP contribution >= 0.6 is 11.8 Å². The van der Waals surface area contributed by atoms with Gasteiger partial charge in [0.25, 0.3) is 0 Å². The number of amides is 1. The van der Waals surface area contributed by atoms with Crippen molar-refractivity contribution in [2.45, 2.75) is 43.1 Å². The molecular weight excluding hydrogens is 387 g/mol. The van der Waals surface area contributed by atoms with Crippen LogP contribution in [0.3, 0.4) is 0 Å². The third-order valence-electron chi connectivity index (χ3n) is 4.97. The van der Waals surface area contributed by atoms with E-state index in [0.29, 0.717) is 23.1 Å². The molecule has 29 heavy (non-hydrogen) atoms. The smallest absolute Gasteiger partial charge is 0.240 e. The fourth-order valence-corrected chi connectivity index (χ4v) is 4.33. The van der Waals surface area contributed by atoms with Gasteiger partial charge >= 0.3 is 0 Å². The first-order valence-electron chi connectivity index (χ1n) is 9.83. The second-order valence-corrected chi connectivity index (χ2v) is 8.37. The van der Waals surface area contributed by atoms with Crippen LogP contribution in [0.5, 0.6) is 0 Å². The lowest BCUT2D eigenvalue weighted by molar-refractivity contribution is -0.117. The van der Waals surface area contributed by atoms with Crippen molar-refractivity contribution in [1.82, 2.24) is 14.8 Å². The van der Waals surface area contributed by atoms with Gasteiger partial charge in [0.15, 0.2) is 11.0 Å². The van der Waals surface area contributed by atoms with Crippen molar-refractivity contribution in [2.24, 2.45) is 0 Å². The third kappa shape index (κ3) is 4.05. The molecule has 150 valence electrons. The molecule has 1 fully saturated rings. The maximum Gasteiger partial charge on any atom is 0.240 e. The van der Waals surface area contributed by atoms with Crippen molar-refractivity contribution in [3.05, 3.63) is 60.4 Å². The molecule has 0 N–H and O–H groups in total. The van der Waals surface area contributed by atoms with Gasteiger partial charge in [0.2, 0.25) is 5.91 Å². The number of anilines is 1. The summed E-state index contributed by atoms with van der Waals surface area (Å²) >= 11 is 1.38. The molecule has 1 atom stereocenters. The zero-order valence-corrected chi connectivity index (χ0v) is 17.3. The van der Waals surface area contributed by atoms with Crippen molar-refractivity contribution in [2.75, 3.05) is 11.4 Å². The van der Waals surface area contributed by atoms with Gasteiger partial charge in [0.1, 0.15) is 5.82 Å². The summed E-state index contributed by atoms with van der Waals surface area (Å²) < 4.78 is 16.3. The summed E-state index contributed by atoms with van der Waals surface area (Å²) in [5.74, 6) is 0.230. The summed E-state index contributed by atoms with van der Waals surface area (Å²) in [6.45, 7) is 4.43. The van der Waals surface area contributed by atoms with Crippen molar-refractivity contribution in [3.63, 3.8) is 0 Å². The molecule has 3 aromatic rings. The van der Waals surface area contributed by atoms with Crippen molar-refractivity contribution >= 4 is 23.4 Å². The van der Waals surface area contributed by atoms with E-state index in [-0.39, 0.29) is 23.0 Å². The predicted octanol–water partition coefficient (Wildman–Crippen LogP) is 4.95. The van der Waals surface area contributed by atoms with E-state index < -0.39 is 0 Å². The van der Waals surface area contributed by atoms with E-state index in [4.69, 9.17) is 0 Å². The Kier molecular flexibility index (Phi) is 5.67. The van der Waals surface area contributed by atoms with Gasteiger partial charge in [-0.1, -0.05) is 42.1 Å². The van der Waals surface area contributed by atoms with Gasteiger partial charge in [-0.15, -0.1) is 10.2 Å². The highest BCUT2D eigenvalue weighted by Crippen LogP contribution is 2.42. The van der Waals surface area contributed by atoms with E-state index in [1.807, 2.05) is 48.7 Å². The van der Waals surface area contributed by atoms with Gasteiger partial charge in [-0.2, -0.15) is 0 Å². The Hall–Kier alpha value is -2.67. The summed E-state index contributed by atoms with van der Waals surface area (Å²) in [7, 11) is 0. The Morgan fingerprint density at radius 2 is 1.86 bits per heavy atom. The lowest BCUT2D eigenvalue weighted by Gasteiger charge is -2.24. The van der Waals surface area contributed by atoms with E-state index in [1.165, 1.54) is 17.8 Å². The second-order valence-electron chi connectivity index (χ2n) is 7.07. The fourth-order valence-electron chi connectivity index (χ4n) is 3.35. The van der Waals surface area contributed by atoms with E-state index in [1.54, 1.807) is 23.1 Å². The maximum absolute atomic E-state index is 14.3. The maximum atomic E-state index is 14.3. The monoisotopic (exact) mass is 410 g/mol. The Labute approximate surface area is 173 Å². The summed E-state index contributed by atoms with van der Waals surface area (Å²) in [5, 5.41) is 8.91. The molecule has 1 aliphatic rings. The molecule has 1 heterocycles. The van der Waals surface area contributed by atoms with Gasteiger partial charge in [-0.3, -0.25) is 9.36 Å². The Morgan fingerprint density at radius 1 is 1.17 bits per heavy atom. The Balaban J connectivity index is 1.59. The van der Waals surface area contributed by atoms with Gasteiger partial charge < -0.3 is 4.90 Å². The van der Waals surface area contributed by atoms with E-state index in [0.717, 1.165) is 18.5 Å². The average Bonchev–Trinajstić information content (AvgIpc) is 3.50. The predicted molar refractivity (Wildman–Crippen MR) is 113 cm³/mol. The zero-order valence-electron chi connectivity index (χ0n) is 16.5. The lowest BCUT2D eigenvalue weighted by atomic mass is 10.2. The minimum absolute atomic E-state index is 0.0153. The van der Waals surface area contributed by atoms with Gasteiger partial charge in [0, 0.05) is 18.3 Å². The number of carbonyl (C=O) groups excluding carboxylic acids is 1. The van der Waals surface area contributed by atoms with Crippen LogP contribution < -0.4 is 4.90 Å². The summed E-state index contributed by atoms with van der Waals surface area (Å²) in [5.41, 5.74) is 1.32. The van der Waals surface area contributed by atoms with Gasteiger partial charge in [0.05, 0.1) is 10.8 Å². The number of nitrogens with zero attached hydrogens (tertiary/aromatic N) is 4. The van der Waals surface area contributed by atoms with Crippen LogP contribution in [-0.4, -0.2) is 32.5 Å². The number of halogens is 1. The largest absolute Gasteiger partial charge is 0.312 e. The molecule has 1 amide bonds. The number of hydrogen-bond acceptors (Lipinski definition) is 4. The average molecular weight is 411 g/mol. The molecular formula is C22H23FN4OS. The highest BCUT2D eigenvalue weighted by atomic mass is 32.2. The summed E-state index contributed by atoms with van der Waals surface area (Å²) in [4.78, 5) is 14.9. The van der Waals surface area contributed by atoms with Crippen LogP contribution in [0.1, 0.15) is 32.7 Å². The summed E-state index contributed by atoms with van der Waals surface area (Å²) in [6.07, 6.45) is 2.03. The van der Waals surface area contributed by atoms with E-state index >= 15 is 0 Å². The van der Waals surface area contributed by atoms with Crippen LogP contribution in [0.25, 0.3) is 11.4 Å². The molecule has 0 unspecified atom stereocenters. The number of benzene rings is 2. The van der Waals surface area contributed by atoms with E-state index in [9.17, 15) is 9.18 Å². The van der Waals surface area contributed by atoms with Crippen molar-refractivity contribution in [1.29, 1.82) is 0 Å².